The molecule has 6 atom stereocenters. The molecular formula is C20H41ClO6S2. The minimum Gasteiger partial charge on any atom is -0.392 e. The van der Waals surface area contributed by atoms with E-state index in [4.69, 9.17) is 4.18 Å². The van der Waals surface area contributed by atoms with Crippen LogP contribution in [0.3, 0.4) is 0 Å². The topological polar surface area (TPSA) is 97.7 Å². The molecule has 0 rings (SSSR count). The number of aliphatic hydroxyl groups is 1. The van der Waals surface area contributed by atoms with Crippen molar-refractivity contribution >= 4 is 29.9 Å². The standard InChI is InChI=1S/C10H20O3S.C9H18O.CH3ClO2S/c1-6-8(3)10(9(4)7-2)13-14(5,11)12;1-5-7(3)9(10)8(4)6-2;1-5(2,3)4/h6,8-10H,1,7H2,2-5H3;5,7-10H,1,6H2,2-4H3;1H3/t8-,9-,10+;7-,8-,9+;/m00./s1. The quantitative estimate of drug-likeness (QED) is 0.281. The molecule has 0 bridgehead atoms. The van der Waals surface area contributed by atoms with E-state index in [-0.39, 0.29) is 30.0 Å². The molecular weight excluding hydrogens is 436 g/mol. The second-order valence-electron chi connectivity index (χ2n) is 7.40. The summed E-state index contributed by atoms with van der Waals surface area (Å²) in [4.78, 5) is 0. The summed E-state index contributed by atoms with van der Waals surface area (Å²) in [5, 5.41) is 9.51. The lowest BCUT2D eigenvalue weighted by Gasteiger charge is -2.25. The Morgan fingerprint density at radius 1 is 0.897 bits per heavy atom. The Balaban J connectivity index is -0.000000392. The average Bonchev–Trinajstić information content (AvgIpc) is 2.61. The Morgan fingerprint density at radius 3 is 1.48 bits per heavy atom. The summed E-state index contributed by atoms with van der Waals surface area (Å²) in [6, 6.07) is 0. The smallest absolute Gasteiger partial charge is 0.264 e. The molecule has 0 unspecified atom stereocenters. The maximum Gasteiger partial charge on any atom is 0.264 e. The molecule has 0 aromatic carbocycles. The van der Waals surface area contributed by atoms with E-state index in [1.165, 1.54) is 0 Å². The highest BCUT2D eigenvalue weighted by Crippen LogP contribution is 2.22. The van der Waals surface area contributed by atoms with Gasteiger partial charge in [0, 0.05) is 16.6 Å². The van der Waals surface area contributed by atoms with Crippen LogP contribution in [-0.2, 0) is 23.4 Å². The zero-order chi connectivity index (χ0) is 24.0. The maximum atomic E-state index is 11.0. The Morgan fingerprint density at radius 2 is 1.24 bits per heavy atom. The van der Waals surface area contributed by atoms with Gasteiger partial charge in [-0.2, -0.15) is 8.42 Å². The third-order valence-electron chi connectivity index (χ3n) is 4.52. The first-order chi connectivity index (χ1) is 12.9. The zero-order valence-electron chi connectivity index (χ0n) is 19.1. The van der Waals surface area contributed by atoms with E-state index in [2.05, 4.69) is 37.7 Å². The van der Waals surface area contributed by atoms with E-state index in [9.17, 15) is 21.9 Å². The van der Waals surface area contributed by atoms with Crippen LogP contribution in [0.1, 0.15) is 54.4 Å². The van der Waals surface area contributed by atoms with Crippen molar-refractivity contribution in [2.24, 2.45) is 23.7 Å². The van der Waals surface area contributed by atoms with Crippen LogP contribution in [0.2, 0.25) is 0 Å². The van der Waals surface area contributed by atoms with Crippen molar-refractivity contribution in [3.8, 4) is 0 Å². The lowest BCUT2D eigenvalue weighted by molar-refractivity contribution is 0.0814. The van der Waals surface area contributed by atoms with Gasteiger partial charge in [0.25, 0.3) is 10.1 Å². The number of hydrogen-bond donors (Lipinski definition) is 1. The van der Waals surface area contributed by atoms with E-state index < -0.39 is 19.2 Å². The minimum absolute atomic E-state index is 0.0414. The second-order valence-corrected chi connectivity index (χ2v) is 12.0. The van der Waals surface area contributed by atoms with Gasteiger partial charge in [0.05, 0.1) is 24.7 Å². The summed E-state index contributed by atoms with van der Waals surface area (Å²) in [6.07, 6.45) is 6.93. The minimum atomic E-state index is -3.38. The predicted molar refractivity (Wildman–Crippen MR) is 124 cm³/mol. The third-order valence-corrected chi connectivity index (χ3v) is 5.09. The lowest BCUT2D eigenvalue weighted by atomic mass is 9.92. The summed E-state index contributed by atoms with van der Waals surface area (Å²) < 4.78 is 45.9. The van der Waals surface area contributed by atoms with Crippen LogP contribution in [0.4, 0.5) is 0 Å². The fourth-order valence-electron chi connectivity index (χ4n) is 2.17. The van der Waals surface area contributed by atoms with Crippen molar-refractivity contribution in [3.63, 3.8) is 0 Å². The molecule has 0 spiro atoms. The van der Waals surface area contributed by atoms with Gasteiger partial charge in [-0.05, 0) is 17.8 Å². The fraction of sp³-hybridized carbons (Fsp3) is 0.800. The van der Waals surface area contributed by atoms with Crippen molar-refractivity contribution in [2.45, 2.75) is 66.6 Å². The Kier molecular flexibility index (Phi) is 18.7. The van der Waals surface area contributed by atoms with Gasteiger partial charge in [0.1, 0.15) is 0 Å². The summed E-state index contributed by atoms with van der Waals surface area (Å²) in [6.45, 7) is 19.3. The first kappa shape index (κ1) is 33.2. The number of halogens is 1. The highest BCUT2D eigenvalue weighted by atomic mass is 35.7. The Hall–Kier alpha value is -0.410. The number of rotatable bonds is 10. The molecule has 0 radical (unpaired) electrons. The fourth-order valence-corrected chi connectivity index (χ4v) is 2.94. The molecule has 0 amide bonds. The van der Waals surface area contributed by atoms with Gasteiger partial charge < -0.3 is 5.11 Å². The second kappa shape index (κ2) is 16.3. The Bertz CT molecular complexity index is 638. The average molecular weight is 477 g/mol. The number of aliphatic hydroxyl groups excluding tert-OH is 1. The Labute approximate surface area is 183 Å². The van der Waals surface area contributed by atoms with Crippen molar-refractivity contribution in [1.29, 1.82) is 0 Å². The van der Waals surface area contributed by atoms with Gasteiger partial charge in [-0.25, -0.2) is 8.42 Å². The molecule has 1 N–H and O–H groups in total. The molecule has 0 aliphatic rings. The maximum absolute atomic E-state index is 11.0. The monoisotopic (exact) mass is 476 g/mol. The van der Waals surface area contributed by atoms with Crippen molar-refractivity contribution < 1.29 is 26.1 Å². The predicted octanol–water partition coefficient (Wildman–Crippen LogP) is 4.60. The first-order valence-electron chi connectivity index (χ1n) is 9.65. The molecule has 0 saturated carbocycles. The van der Waals surface area contributed by atoms with Crippen LogP contribution in [0.15, 0.2) is 25.3 Å². The van der Waals surface area contributed by atoms with Gasteiger partial charge in [-0.15, -0.1) is 13.2 Å². The lowest BCUT2D eigenvalue weighted by Crippen LogP contribution is -2.30. The molecule has 0 aliphatic carbocycles. The molecule has 29 heavy (non-hydrogen) atoms. The SMILES string of the molecule is C=C[C@H](C)[C@@H](O)[C@@H](C)CC.C=C[C@H](C)[C@@H](OS(C)(=O)=O)[C@@H](C)CC.CS(=O)(=O)Cl. The zero-order valence-corrected chi connectivity index (χ0v) is 21.5. The van der Waals surface area contributed by atoms with Crippen molar-refractivity contribution in [3.05, 3.63) is 25.3 Å². The van der Waals surface area contributed by atoms with E-state index in [0.29, 0.717) is 5.92 Å². The molecule has 176 valence electrons. The van der Waals surface area contributed by atoms with E-state index >= 15 is 0 Å². The summed E-state index contributed by atoms with van der Waals surface area (Å²) in [5.74, 6) is 0.848. The summed E-state index contributed by atoms with van der Waals surface area (Å²) in [5.41, 5.74) is 0. The highest BCUT2D eigenvalue weighted by Gasteiger charge is 2.25. The van der Waals surface area contributed by atoms with E-state index in [1.807, 2.05) is 27.7 Å². The van der Waals surface area contributed by atoms with Crippen molar-refractivity contribution in [2.75, 3.05) is 12.5 Å². The molecule has 9 heteroatoms. The highest BCUT2D eigenvalue weighted by molar-refractivity contribution is 8.13. The van der Waals surface area contributed by atoms with Crippen LogP contribution in [-0.4, -0.2) is 46.7 Å². The summed E-state index contributed by atoms with van der Waals surface area (Å²) in [7, 11) is -2.07. The van der Waals surface area contributed by atoms with Crippen LogP contribution in [0.5, 0.6) is 0 Å². The van der Waals surface area contributed by atoms with Gasteiger partial charge >= 0.3 is 0 Å². The molecule has 0 heterocycles. The molecule has 0 fully saturated rings. The van der Waals surface area contributed by atoms with Crippen molar-refractivity contribution in [1.82, 2.24) is 0 Å². The molecule has 0 aromatic rings. The molecule has 0 aromatic heterocycles. The van der Waals surface area contributed by atoms with E-state index in [0.717, 1.165) is 25.4 Å². The van der Waals surface area contributed by atoms with Gasteiger partial charge in [-0.3, -0.25) is 4.18 Å². The van der Waals surface area contributed by atoms with Crippen LogP contribution in [0.25, 0.3) is 0 Å². The largest absolute Gasteiger partial charge is 0.392 e. The molecule has 0 saturated heterocycles. The van der Waals surface area contributed by atoms with Gasteiger partial charge in [-0.1, -0.05) is 66.5 Å². The van der Waals surface area contributed by atoms with Gasteiger partial charge in [0.15, 0.2) is 0 Å². The number of hydrogen-bond acceptors (Lipinski definition) is 6. The normalized spacial score (nSPS) is 17.7. The molecule has 0 aliphatic heterocycles. The van der Waals surface area contributed by atoms with Crippen LogP contribution >= 0.6 is 10.7 Å². The van der Waals surface area contributed by atoms with E-state index in [1.54, 1.807) is 12.2 Å². The van der Waals surface area contributed by atoms with Crippen LogP contribution in [0, 0.1) is 23.7 Å². The summed E-state index contributed by atoms with van der Waals surface area (Å²) >= 11 is 0. The van der Waals surface area contributed by atoms with Crippen LogP contribution < -0.4 is 0 Å². The molecule has 6 nitrogen and oxygen atoms in total. The first-order valence-corrected chi connectivity index (χ1v) is 14.2. The third kappa shape index (κ3) is 22.1. The van der Waals surface area contributed by atoms with Gasteiger partial charge in [0.2, 0.25) is 9.05 Å².